The van der Waals surface area contributed by atoms with Gasteiger partial charge in [0.05, 0.1) is 0 Å². The van der Waals surface area contributed by atoms with E-state index in [0.29, 0.717) is 16.8 Å². The standard InChI is InChI=1S/C9H10FN/c1-6(2)9-7(10)4-3-5-8(9)11/h3-5H,1,11H2,2H3. The molecule has 2 heteroatoms. The number of hydrogen-bond acceptors (Lipinski definition) is 1. The first-order valence-electron chi connectivity index (χ1n) is 3.33. The number of allylic oxidation sites excluding steroid dienone is 1. The van der Waals surface area contributed by atoms with Crippen molar-refractivity contribution in [2.45, 2.75) is 6.92 Å². The number of anilines is 1. The highest BCUT2D eigenvalue weighted by atomic mass is 19.1. The van der Waals surface area contributed by atoms with Gasteiger partial charge in [0.1, 0.15) is 5.82 Å². The van der Waals surface area contributed by atoms with Crippen LogP contribution in [0.3, 0.4) is 0 Å². The molecule has 0 aliphatic carbocycles. The van der Waals surface area contributed by atoms with Crippen molar-refractivity contribution < 1.29 is 4.39 Å². The second-order valence-electron chi connectivity index (χ2n) is 2.48. The zero-order valence-electron chi connectivity index (χ0n) is 6.39. The summed E-state index contributed by atoms with van der Waals surface area (Å²) in [6.07, 6.45) is 0. The predicted octanol–water partition coefficient (Wildman–Crippen LogP) is 2.44. The summed E-state index contributed by atoms with van der Waals surface area (Å²) in [5, 5.41) is 0. The number of nitrogen functional groups attached to an aromatic ring is 1. The molecule has 0 bridgehead atoms. The average molecular weight is 151 g/mol. The molecule has 58 valence electrons. The van der Waals surface area contributed by atoms with Crippen LogP contribution in [0.1, 0.15) is 12.5 Å². The van der Waals surface area contributed by atoms with E-state index in [9.17, 15) is 4.39 Å². The molecule has 0 aromatic heterocycles. The Morgan fingerprint density at radius 3 is 2.55 bits per heavy atom. The van der Waals surface area contributed by atoms with Gasteiger partial charge < -0.3 is 5.73 Å². The average Bonchev–Trinajstić information content (AvgIpc) is 1.85. The Balaban J connectivity index is 3.32. The van der Waals surface area contributed by atoms with Crippen LogP contribution in [0.2, 0.25) is 0 Å². The third-order valence-corrected chi connectivity index (χ3v) is 1.47. The maximum absolute atomic E-state index is 13.0. The molecule has 0 heterocycles. The number of benzene rings is 1. The molecule has 0 aliphatic heterocycles. The van der Waals surface area contributed by atoms with Crippen LogP contribution in [0.5, 0.6) is 0 Å². The lowest BCUT2D eigenvalue weighted by Gasteiger charge is -2.04. The number of hydrogen-bond donors (Lipinski definition) is 1. The highest BCUT2D eigenvalue weighted by Gasteiger charge is 2.04. The van der Waals surface area contributed by atoms with E-state index in [4.69, 9.17) is 5.73 Å². The molecule has 1 aromatic carbocycles. The summed E-state index contributed by atoms with van der Waals surface area (Å²) in [6, 6.07) is 4.62. The van der Waals surface area contributed by atoms with Crippen molar-refractivity contribution in [2.75, 3.05) is 5.73 Å². The Hall–Kier alpha value is -1.31. The summed E-state index contributed by atoms with van der Waals surface area (Å²) in [7, 11) is 0. The first-order chi connectivity index (χ1) is 5.13. The zero-order chi connectivity index (χ0) is 8.43. The van der Waals surface area contributed by atoms with Gasteiger partial charge in [-0.1, -0.05) is 12.6 Å². The van der Waals surface area contributed by atoms with Gasteiger partial charge in [-0.2, -0.15) is 0 Å². The Kier molecular flexibility index (Phi) is 1.94. The Morgan fingerprint density at radius 2 is 2.18 bits per heavy atom. The number of halogens is 1. The van der Waals surface area contributed by atoms with Gasteiger partial charge in [-0.15, -0.1) is 0 Å². The summed E-state index contributed by atoms with van der Waals surface area (Å²) in [4.78, 5) is 0. The van der Waals surface area contributed by atoms with E-state index < -0.39 is 0 Å². The molecule has 0 fully saturated rings. The fourth-order valence-corrected chi connectivity index (χ4v) is 0.991. The van der Waals surface area contributed by atoms with Crippen LogP contribution in [0, 0.1) is 5.82 Å². The van der Waals surface area contributed by atoms with E-state index in [1.807, 2.05) is 0 Å². The predicted molar refractivity (Wildman–Crippen MR) is 45.5 cm³/mol. The fraction of sp³-hybridized carbons (Fsp3) is 0.111. The minimum absolute atomic E-state index is 0.308. The third kappa shape index (κ3) is 1.40. The van der Waals surface area contributed by atoms with Crippen molar-refractivity contribution in [3.8, 4) is 0 Å². The molecule has 0 saturated carbocycles. The van der Waals surface area contributed by atoms with Crippen LogP contribution < -0.4 is 5.73 Å². The lowest BCUT2D eigenvalue weighted by atomic mass is 10.1. The van der Waals surface area contributed by atoms with E-state index in [-0.39, 0.29) is 5.82 Å². The minimum Gasteiger partial charge on any atom is -0.398 e. The van der Waals surface area contributed by atoms with Crippen LogP contribution in [-0.2, 0) is 0 Å². The van der Waals surface area contributed by atoms with E-state index in [0.717, 1.165) is 0 Å². The monoisotopic (exact) mass is 151 g/mol. The molecule has 1 nitrogen and oxygen atoms in total. The summed E-state index contributed by atoms with van der Waals surface area (Å²) in [5.41, 5.74) is 7.04. The van der Waals surface area contributed by atoms with E-state index in [2.05, 4.69) is 6.58 Å². The summed E-state index contributed by atoms with van der Waals surface area (Å²) in [6.45, 7) is 5.36. The zero-order valence-corrected chi connectivity index (χ0v) is 6.39. The van der Waals surface area contributed by atoms with E-state index >= 15 is 0 Å². The van der Waals surface area contributed by atoms with Gasteiger partial charge >= 0.3 is 0 Å². The lowest BCUT2D eigenvalue weighted by molar-refractivity contribution is 0.625. The Morgan fingerprint density at radius 1 is 1.55 bits per heavy atom. The maximum Gasteiger partial charge on any atom is 0.132 e. The van der Waals surface area contributed by atoms with Crippen LogP contribution in [0.4, 0.5) is 10.1 Å². The molecule has 0 radical (unpaired) electrons. The highest BCUT2D eigenvalue weighted by molar-refractivity contribution is 5.72. The molecule has 0 saturated heterocycles. The normalized spacial score (nSPS) is 9.64. The van der Waals surface area contributed by atoms with Crippen molar-refractivity contribution in [3.05, 3.63) is 36.2 Å². The molecule has 0 spiro atoms. The smallest absolute Gasteiger partial charge is 0.132 e. The second kappa shape index (κ2) is 2.74. The first kappa shape index (κ1) is 7.79. The summed E-state index contributed by atoms with van der Waals surface area (Å²) >= 11 is 0. The van der Waals surface area contributed by atoms with Crippen LogP contribution >= 0.6 is 0 Å². The van der Waals surface area contributed by atoms with Gasteiger partial charge in [-0.3, -0.25) is 0 Å². The van der Waals surface area contributed by atoms with Gasteiger partial charge in [0.25, 0.3) is 0 Å². The quantitative estimate of drug-likeness (QED) is 0.613. The minimum atomic E-state index is -0.308. The lowest BCUT2D eigenvalue weighted by Crippen LogP contribution is -1.94. The molecular weight excluding hydrogens is 141 g/mol. The Labute approximate surface area is 65.3 Å². The topological polar surface area (TPSA) is 26.0 Å². The van der Waals surface area contributed by atoms with E-state index in [1.165, 1.54) is 6.07 Å². The van der Waals surface area contributed by atoms with Crippen LogP contribution in [0.25, 0.3) is 5.57 Å². The molecule has 1 aromatic rings. The molecule has 0 aliphatic rings. The van der Waals surface area contributed by atoms with Gasteiger partial charge in [0.15, 0.2) is 0 Å². The van der Waals surface area contributed by atoms with Gasteiger partial charge in [-0.25, -0.2) is 4.39 Å². The molecule has 0 unspecified atom stereocenters. The molecule has 2 N–H and O–H groups in total. The van der Waals surface area contributed by atoms with Crippen molar-refractivity contribution >= 4 is 11.3 Å². The van der Waals surface area contributed by atoms with Crippen molar-refractivity contribution in [1.82, 2.24) is 0 Å². The molecule has 1 rings (SSSR count). The summed E-state index contributed by atoms with van der Waals surface area (Å²) in [5.74, 6) is -0.308. The number of nitrogens with two attached hydrogens (primary N) is 1. The second-order valence-corrected chi connectivity index (χ2v) is 2.48. The van der Waals surface area contributed by atoms with Crippen LogP contribution in [0.15, 0.2) is 24.8 Å². The van der Waals surface area contributed by atoms with Crippen molar-refractivity contribution in [3.63, 3.8) is 0 Å². The van der Waals surface area contributed by atoms with Gasteiger partial charge in [0, 0.05) is 11.3 Å². The third-order valence-electron chi connectivity index (χ3n) is 1.47. The van der Waals surface area contributed by atoms with Crippen molar-refractivity contribution in [2.24, 2.45) is 0 Å². The molecule has 11 heavy (non-hydrogen) atoms. The van der Waals surface area contributed by atoms with E-state index in [1.54, 1.807) is 19.1 Å². The van der Waals surface area contributed by atoms with Crippen LogP contribution in [-0.4, -0.2) is 0 Å². The van der Waals surface area contributed by atoms with Crippen molar-refractivity contribution in [1.29, 1.82) is 0 Å². The highest BCUT2D eigenvalue weighted by Crippen LogP contribution is 2.22. The van der Waals surface area contributed by atoms with Gasteiger partial charge in [-0.05, 0) is 24.6 Å². The summed E-state index contributed by atoms with van der Waals surface area (Å²) < 4.78 is 13.0. The molecular formula is C9H10FN. The SMILES string of the molecule is C=C(C)c1c(N)cccc1F. The maximum atomic E-state index is 13.0. The first-order valence-corrected chi connectivity index (χ1v) is 3.33. The molecule has 0 atom stereocenters. The number of rotatable bonds is 1. The largest absolute Gasteiger partial charge is 0.398 e. The fourth-order valence-electron chi connectivity index (χ4n) is 0.991. The molecule has 0 amide bonds. The van der Waals surface area contributed by atoms with Gasteiger partial charge in [0.2, 0.25) is 0 Å². The Bertz CT molecular complexity index is 271.